The minimum Gasteiger partial charge on any atom is -0.374 e. The van der Waals surface area contributed by atoms with Crippen molar-refractivity contribution in [1.29, 1.82) is 0 Å². The molecule has 1 aliphatic rings. The van der Waals surface area contributed by atoms with Crippen molar-refractivity contribution >= 4 is 0 Å². The van der Waals surface area contributed by atoms with Gasteiger partial charge in [0.25, 0.3) is 0 Å². The number of nitrogens with zero attached hydrogens (tertiary/aromatic N) is 2. The van der Waals surface area contributed by atoms with Gasteiger partial charge < -0.3 is 10.1 Å². The Hall–Kier alpha value is -1.00. The van der Waals surface area contributed by atoms with E-state index in [1.807, 2.05) is 13.0 Å². The number of rotatable bonds is 6. The first-order chi connectivity index (χ1) is 7.38. The summed E-state index contributed by atoms with van der Waals surface area (Å²) in [5.41, 5.74) is 1.05. The van der Waals surface area contributed by atoms with Crippen molar-refractivity contribution in [3.63, 3.8) is 0 Å². The highest BCUT2D eigenvalue weighted by atomic mass is 16.5. The molecule has 0 spiro atoms. The monoisotopic (exact) mass is 207 g/mol. The third-order valence-electron chi connectivity index (χ3n) is 2.35. The van der Waals surface area contributed by atoms with Crippen molar-refractivity contribution in [2.24, 2.45) is 0 Å². The highest BCUT2D eigenvalue weighted by Gasteiger charge is 2.20. The first-order valence-corrected chi connectivity index (χ1v) is 5.50. The summed E-state index contributed by atoms with van der Waals surface area (Å²) in [5.74, 6) is 0.770. The lowest BCUT2D eigenvalue weighted by Crippen LogP contribution is -2.17. The maximum atomic E-state index is 5.27. The van der Waals surface area contributed by atoms with E-state index < -0.39 is 0 Å². The van der Waals surface area contributed by atoms with Gasteiger partial charge in [-0.05, 0) is 25.8 Å². The predicted octanol–water partition coefficient (Wildman–Crippen LogP) is 1.27. The van der Waals surface area contributed by atoms with Crippen LogP contribution < -0.4 is 5.32 Å². The van der Waals surface area contributed by atoms with Gasteiger partial charge in [-0.1, -0.05) is 0 Å². The summed E-state index contributed by atoms with van der Waals surface area (Å²) in [5, 5.41) is 3.43. The Kier molecular flexibility index (Phi) is 3.64. The van der Waals surface area contributed by atoms with Crippen LogP contribution in [0.3, 0.4) is 0 Å². The molecule has 1 fully saturated rings. The van der Waals surface area contributed by atoms with E-state index in [4.69, 9.17) is 4.74 Å². The lowest BCUT2D eigenvalue weighted by molar-refractivity contribution is 0.128. The Morgan fingerprint density at radius 3 is 3.13 bits per heavy atom. The second-order valence-electron chi connectivity index (χ2n) is 3.76. The highest BCUT2D eigenvalue weighted by Crippen LogP contribution is 2.18. The number of hydrogen-bond acceptors (Lipinski definition) is 4. The first-order valence-electron chi connectivity index (χ1n) is 5.50. The minimum absolute atomic E-state index is 0.508. The molecule has 0 aliphatic heterocycles. The summed E-state index contributed by atoms with van der Waals surface area (Å²) >= 11 is 0. The maximum absolute atomic E-state index is 5.27. The van der Waals surface area contributed by atoms with Gasteiger partial charge in [-0.15, -0.1) is 0 Å². The molecule has 1 heterocycles. The van der Waals surface area contributed by atoms with Crippen molar-refractivity contribution in [3.8, 4) is 0 Å². The SMILES string of the molecule is CCOCc1nccc(CNC2CC2)n1. The van der Waals surface area contributed by atoms with E-state index in [1.165, 1.54) is 12.8 Å². The average molecular weight is 207 g/mol. The van der Waals surface area contributed by atoms with Crippen molar-refractivity contribution in [3.05, 3.63) is 23.8 Å². The summed E-state index contributed by atoms with van der Waals surface area (Å²) in [6.45, 7) is 4.02. The molecule has 0 unspecified atom stereocenters. The Morgan fingerprint density at radius 2 is 2.40 bits per heavy atom. The summed E-state index contributed by atoms with van der Waals surface area (Å²) in [6, 6.07) is 2.67. The molecule has 1 N–H and O–H groups in total. The summed E-state index contributed by atoms with van der Waals surface area (Å²) in [6.07, 6.45) is 4.40. The van der Waals surface area contributed by atoms with Crippen LogP contribution in [-0.4, -0.2) is 22.6 Å². The van der Waals surface area contributed by atoms with Crippen LogP contribution in [0.15, 0.2) is 12.3 Å². The first kappa shape index (κ1) is 10.5. The number of nitrogens with one attached hydrogen (secondary N) is 1. The fourth-order valence-corrected chi connectivity index (χ4v) is 1.34. The van der Waals surface area contributed by atoms with Gasteiger partial charge >= 0.3 is 0 Å². The zero-order valence-corrected chi connectivity index (χ0v) is 9.07. The van der Waals surface area contributed by atoms with Gasteiger partial charge in [0, 0.05) is 25.4 Å². The van der Waals surface area contributed by atoms with Crippen molar-refractivity contribution in [2.45, 2.75) is 39.0 Å². The summed E-state index contributed by atoms with van der Waals surface area (Å²) in [4.78, 5) is 8.57. The van der Waals surface area contributed by atoms with Gasteiger partial charge in [0.15, 0.2) is 5.82 Å². The minimum atomic E-state index is 0.508. The molecule has 2 rings (SSSR count). The van der Waals surface area contributed by atoms with Crippen LogP contribution in [0.25, 0.3) is 0 Å². The molecule has 1 aliphatic carbocycles. The van der Waals surface area contributed by atoms with Crippen LogP contribution in [0.2, 0.25) is 0 Å². The van der Waals surface area contributed by atoms with Gasteiger partial charge in [0.05, 0.1) is 5.69 Å². The molecule has 0 aromatic carbocycles. The Balaban J connectivity index is 1.85. The molecule has 1 aromatic rings. The summed E-state index contributed by atoms with van der Waals surface area (Å²) in [7, 11) is 0. The zero-order valence-electron chi connectivity index (χ0n) is 9.07. The molecule has 0 atom stereocenters. The van der Waals surface area contributed by atoms with Crippen LogP contribution in [0.1, 0.15) is 31.3 Å². The lowest BCUT2D eigenvalue weighted by atomic mass is 10.4. The van der Waals surface area contributed by atoms with E-state index in [-0.39, 0.29) is 0 Å². The fourth-order valence-electron chi connectivity index (χ4n) is 1.34. The lowest BCUT2D eigenvalue weighted by Gasteiger charge is -2.04. The molecular weight excluding hydrogens is 190 g/mol. The molecule has 4 nitrogen and oxygen atoms in total. The van der Waals surface area contributed by atoms with E-state index in [9.17, 15) is 0 Å². The Morgan fingerprint density at radius 1 is 1.53 bits per heavy atom. The standard InChI is InChI=1S/C11H17N3O/c1-2-15-8-11-12-6-5-10(14-11)7-13-9-3-4-9/h5-6,9,13H,2-4,7-8H2,1H3. The number of ether oxygens (including phenoxy) is 1. The molecular formula is C11H17N3O. The van der Waals surface area contributed by atoms with Gasteiger partial charge in [0.2, 0.25) is 0 Å². The average Bonchev–Trinajstić information content (AvgIpc) is 3.08. The Bertz CT molecular complexity index is 312. The fraction of sp³-hybridized carbons (Fsp3) is 0.636. The summed E-state index contributed by atoms with van der Waals surface area (Å²) < 4.78 is 5.27. The van der Waals surface area contributed by atoms with E-state index >= 15 is 0 Å². The molecule has 15 heavy (non-hydrogen) atoms. The second kappa shape index (κ2) is 5.19. The van der Waals surface area contributed by atoms with Gasteiger partial charge in [-0.25, -0.2) is 9.97 Å². The molecule has 1 aromatic heterocycles. The smallest absolute Gasteiger partial charge is 0.154 e. The number of hydrogen-bond donors (Lipinski definition) is 1. The van der Waals surface area contributed by atoms with E-state index in [0.29, 0.717) is 13.2 Å². The van der Waals surface area contributed by atoms with Crippen LogP contribution in [0, 0.1) is 0 Å². The quantitative estimate of drug-likeness (QED) is 0.763. The molecule has 0 amide bonds. The zero-order chi connectivity index (χ0) is 10.5. The molecule has 82 valence electrons. The maximum Gasteiger partial charge on any atom is 0.154 e. The molecule has 0 saturated heterocycles. The van der Waals surface area contributed by atoms with E-state index in [1.54, 1.807) is 6.20 Å². The number of aromatic nitrogens is 2. The Labute approximate surface area is 90.1 Å². The third kappa shape index (κ3) is 3.57. The second-order valence-corrected chi connectivity index (χ2v) is 3.76. The molecule has 0 radical (unpaired) electrons. The normalized spacial score (nSPS) is 15.5. The van der Waals surface area contributed by atoms with Crippen LogP contribution in [0.4, 0.5) is 0 Å². The van der Waals surface area contributed by atoms with Crippen LogP contribution in [-0.2, 0) is 17.9 Å². The third-order valence-corrected chi connectivity index (χ3v) is 2.35. The van der Waals surface area contributed by atoms with Gasteiger partial charge in [0.1, 0.15) is 6.61 Å². The van der Waals surface area contributed by atoms with E-state index in [2.05, 4.69) is 15.3 Å². The highest BCUT2D eigenvalue weighted by molar-refractivity contribution is 5.02. The van der Waals surface area contributed by atoms with Crippen molar-refractivity contribution in [1.82, 2.24) is 15.3 Å². The van der Waals surface area contributed by atoms with E-state index in [0.717, 1.165) is 24.1 Å². The largest absolute Gasteiger partial charge is 0.374 e. The molecule has 0 bridgehead atoms. The van der Waals surface area contributed by atoms with Crippen molar-refractivity contribution in [2.75, 3.05) is 6.61 Å². The van der Waals surface area contributed by atoms with Crippen LogP contribution in [0.5, 0.6) is 0 Å². The van der Waals surface area contributed by atoms with Gasteiger partial charge in [-0.2, -0.15) is 0 Å². The predicted molar refractivity (Wildman–Crippen MR) is 57.2 cm³/mol. The topological polar surface area (TPSA) is 47.0 Å². The van der Waals surface area contributed by atoms with Crippen LogP contribution >= 0.6 is 0 Å². The molecule has 4 heteroatoms. The van der Waals surface area contributed by atoms with Crippen molar-refractivity contribution < 1.29 is 4.74 Å². The molecule has 1 saturated carbocycles. The van der Waals surface area contributed by atoms with Gasteiger partial charge in [-0.3, -0.25) is 0 Å².